The number of nitrogens with one attached hydrogen (secondary N) is 1. The van der Waals surface area contributed by atoms with Crippen molar-refractivity contribution in [3.63, 3.8) is 0 Å². The van der Waals surface area contributed by atoms with Crippen molar-refractivity contribution >= 4 is 27.8 Å². The number of anilines is 1. The summed E-state index contributed by atoms with van der Waals surface area (Å²) >= 11 is 0. The van der Waals surface area contributed by atoms with E-state index in [4.69, 9.17) is 9.47 Å². The number of amides is 1. The van der Waals surface area contributed by atoms with Crippen LogP contribution in [0.3, 0.4) is 0 Å². The maximum Gasteiger partial charge on any atom is 0.273 e. The van der Waals surface area contributed by atoms with Crippen LogP contribution in [0.2, 0.25) is 0 Å². The first kappa shape index (κ1) is 28.4. The Hall–Kier alpha value is -4.63. The summed E-state index contributed by atoms with van der Waals surface area (Å²) in [6.07, 6.45) is 1.49. The van der Waals surface area contributed by atoms with Gasteiger partial charge in [0.25, 0.3) is 15.9 Å². The van der Waals surface area contributed by atoms with E-state index in [0.29, 0.717) is 30.3 Å². The number of benzene rings is 4. The number of rotatable bonds is 12. The molecule has 0 aliphatic heterocycles. The maximum absolute atomic E-state index is 13.8. The highest BCUT2D eigenvalue weighted by molar-refractivity contribution is 7.92. The number of carbonyl (C=O) groups excluding carboxylic acids is 1. The fraction of sp³-hybridized carbons (Fsp3) is 0.161. The Morgan fingerprint density at radius 2 is 1.45 bits per heavy atom. The molecule has 0 aromatic heterocycles. The SMILES string of the molecule is CCOc1ccc(/C=N\NC(=O)c2ccccc2N(Cc2ccccc2)S(=O)(=O)c2ccccc2)cc1OCC. The molecule has 0 bridgehead atoms. The summed E-state index contributed by atoms with van der Waals surface area (Å²) < 4.78 is 40.1. The largest absolute Gasteiger partial charge is 0.490 e. The minimum atomic E-state index is -4.00. The first-order chi connectivity index (χ1) is 19.4. The van der Waals surface area contributed by atoms with Crippen LogP contribution < -0.4 is 19.2 Å². The third kappa shape index (κ3) is 6.86. The fourth-order valence-electron chi connectivity index (χ4n) is 4.03. The number of nitrogens with zero attached hydrogens (tertiary/aromatic N) is 2. The highest BCUT2D eigenvalue weighted by Crippen LogP contribution is 2.30. The Kier molecular flexibility index (Phi) is 9.53. The van der Waals surface area contributed by atoms with E-state index in [1.807, 2.05) is 44.2 Å². The molecule has 9 heteroatoms. The number of hydrogen-bond donors (Lipinski definition) is 1. The van der Waals surface area contributed by atoms with Crippen LogP contribution >= 0.6 is 0 Å². The molecule has 1 amide bonds. The molecule has 4 rings (SSSR count). The monoisotopic (exact) mass is 557 g/mol. The van der Waals surface area contributed by atoms with E-state index >= 15 is 0 Å². The average Bonchev–Trinajstić information content (AvgIpc) is 2.98. The third-order valence-electron chi connectivity index (χ3n) is 5.86. The van der Waals surface area contributed by atoms with Gasteiger partial charge in [0, 0.05) is 0 Å². The van der Waals surface area contributed by atoms with E-state index < -0.39 is 15.9 Å². The number of para-hydroxylation sites is 1. The standard InChI is InChI=1S/C31H31N3O5S/c1-3-38-29-20-19-25(21-30(29)39-4-2)22-32-33-31(35)27-17-11-12-18-28(27)34(23-24-13-7-5-8-14-24)40(36,37)26-15-9-6-10-16-26/h5-22H,3-4,23H2,1-2H3,(H,33,35)/b32-22-. The van der Waals surface area contributed by atoms with Crippen LogP contribution in [0.25, 0.3) is 0 Å². The summed E-state index contributed by atoms with van der Waals surface area (Å²) in [7, 11) is -4.00. The predicted molar refractivity (Wildman–Crippen MR) is 157 cm³/mol. The first-order valence-corrected chi connectivity index (χ1v) is 14.3. The van der Waals surface area contributed by atoms with Gasteiger partial charge in [0.2, 0.25) is 0 Å². The second kappa shape index (κ2) is 13.4. The number of sulfonamides is 1. The van der Waals surface area contributed by atoms with Crippen LogP contribution in [0.15, 0.2) is 113 Å². The molecular weight excluding hydrogens is 526 g/mol. The molecule has 40 heavy (non-hydrogen) atoms. The van der Waals surface area contributed by atoms with E-state index in [1.54, 1.807) is 60.7 Å². The second-order valence-electron chi connectivity index (χ2n) is 8.60. The van der Waals surface area contributed by atoms with Gasteiger partial charge in [-0.15, -0.1) is 0 Å². The van der Waals surface area contributed by atoms with Gasteiger partial charge in [-0.1, -0.05) is 60.7 Å². The zero-order valence-electron chi connectivity index (χ0n) is 22.4. The van der Waals surface area contributed by atoms with Crippen LogP contribution in [0, 0.1) is 0 Å². The Bertz CT molecular complexity index is 1560. The molecule has 0 aliphatic carbocycles. The van der Waals surface area contributed by atoms with Gasteiger partial charge in [0.1, 0.15) is 0 Å². The number of carbonyl (C=O) groups is 1. The van der Waals surface area contributed by atoms with Crippen LogP contribution in [0.5, 0.6) is 11.5 Å². The van der Waals surface area contributed by atoms with Gasteiger partial charge in [-0.25, -0.2) is 13.8 Å². The maximum atomic E-state index is 13.8. The van der Waals surface area contributed by atoms with E-state index in [9.17, 15) is 13.2 Å². The molecule has 0 atom stereocenters. The molecule has 8 nitrogen and oxygen atoms in total. The quantitative estimate of drug-likeness (QED) is 0.180. The van der Waals surface area contributed by atoms with Crippen molar-refractivity contribution in [3.05, 3.63) is 120 Å². The molecule has 0 fully saturated rings. The van der Waals surface area contributed by atoms with E-state index in [1.165, 1.54) is 22.7 Å². The lowest BCUT2D eigenvalue weighted by Crippen LogP contribution is -2.33. The van der Waals surface area contributed by atoms with Gasteiger partial charge >= 0.3 is 0 Å². The normalized spacial score (nSPS) is 11.2. The van der Waals surface area contributed by atoms with Crippen molar-refractivity contribution in [2.75, 3.05) is 17.5 Å². The lowest BCUT2D eigenvalue weighted by atomic mass is 10.1. The van der Waals surface area contributed by atoms with Gasteiger partial charge < -0.3 is 9.47 Å². The zero-order chi connectivity index (χ0) is 28.4. The fourth-order valence-corrected chi connectivity index (χ4v) is 5.52. The topological polar surface area (TPSA) is 97.3 Å². The average molecular weight is 558 g/mol. The first-order valence-electron chi connectivity index (χ1n) is 12.9. The molecule has 0 unspecified atom stereocenters. The molecule has 4 aromatic rings. The molecule has 206 valence electrons. The summed E-state index contributed by atoms with van der Waals surface area (Å²) in [4.78, 5) is 13.4. The molecule has 0 heterocycles. The highest BCUT2D eigenvalue weighted by atomic mass is 32.2. The van der Waals surface area contributed by atoms with Crippen molar-refractivity contribution < 1.29 is 22.7 Å². The van der Waals surface area contributed by atoms with E-state index in [2.05, 4.69) is 10.5 Å². The Balaban J connectivity index is 1.63. The van der Waals surface area contributed by atoms with Crippen molar-refractivity contribution in [2.24, 2.45) is 5.10 Å². The predicted octanol–water partition coefficient (Wildman–Crippen LogP) is 5.64. The second-order valence-corrected chi connectivity index (χ2v) is 10.5. The van der Waals surface area contributed by atoms with Gasteiger partial charge in [-0.05, 0) is 67.4 Å². The van der Waals surface area contributed by atoms with E-state index in [0.717, 1.165) is 5.56 Å². The summed E-state index contributed by atoms with van der Waals surface area (Å²) in [5.74, 6) is 0.648. The van der Waals surface area contributed by atoms with Crippen LogP contribution in [-0.4, -0.2) is 33.8 Å². The van der Waals surface area contributed by atoms with Crippen molar-refractivity contribution in [2.45, 2.75) is 25.3 Å². The zero-order valence-corrected chi connectivity index (χ0v) is 23.2. The molecule has 0 saturated carbocycles. The highest BCUT2D eigenvalue weighted by Gasteiger charge is 2.28. The summed E-state index contributed by atoms with van der Waals surface area (Å²) in [5.41, 5.74) is 4.39. The minimum Gasteiger partial charge on any atom is -0.490 e. The lowest BCUT2D eigenvalue weighted by Gasteiger charge is -2.26. The lowest BCUT2D eigenvalue weighted by molar-refractivity contribution is 0.0955. The molecule has 1 N–H and O–H groups in total. The summed E-state index contributed by atoms with van der Waals surface area (Å²) in [6, 6.07) is 29.3. The van der Waals surface area contributed by atoms with Crippen LogP contribution in [-0.2, 0) is 16.6 Å². The molecule has 4 aromatic carbocycles. The molecule has 0 radical (unpaired) electrons. The third-order valence-corrected chi connectivity index (χ3v) is 7.64. The molecule has 0 saturated heterocycles. The summed E-state index contributed by atoms with van der Waals surface area (Å²) in [5, 5.41) is 4.11. The Morgan fingerprint density at radius 3 is 2.15 bits per heavy atom. The van der Waals surface area contributed by atoms with Crippen LogP contribution in [0.1, 0.15) is 35.3 Å². The van der Waals surface area contributed by atoms with Gasteiger partial charge in [0.05, 0.1) is 42.1 Å². The Labute approximate surface area is 234 Å². The minimum absolute atomic E-state index is 0.0397. The number of hydrogen-bond acceptors (Lipinski definition) is 6. The Morgan fingerprint density at radius 1 is 0.825 bits per heavy atom. The van der Waals surface area contributed by atoms with Crippen molar-refractivity contribution in [1.29, 1.82) is 0 Å². The van der Waals surface area contributed by atoms with Crippen molar-refractivity contribution in [1.82, 2.24) is 5.43 Å². The molecular formula is C31H31N3O5S. The summed E-state index contributed by atoms with van der Waals surface area (Å²) in [6.45, 7) is 4.79. The van der Waals surface area contributed by atoms with Gasteiger partial charge in [-0.3, -0.25) is 9.10 Å². The number of ether oxygens (including phenoxy) is 2. The van der Waals surface area contributed by atoms with Gasteiger partial charge in [-0.2, -0.15) is 5.10 Å². The smallest absolute Gasteiger partial charge is 0.273 e. The van der Waals surface area contributed by atoms with E-state index in [-0.39, 0.29) is 22.7 Å². The van der Waals surface area contributed by atoms with Crippen LogP contribution in [0.4, 0.5) is 5.69 Å². The number of hydrazone groups is 1. The van der Waals surface area contributed by atoms with Gasteiger partial charge in [0.15, 0.2) is 11.5 Å². The molecule has 0 aliphatic rings. The molecule has 0 spiro atoms. The van der Waals surface area contributed by atoms with Crippen molar-refractivity contribution in [3.8, 4) is 11.5 Å².